The summed E-state index contributed by atoms with van der Waals surface area (Å²) in [5.74, 6) is 4.78. The molecule has 31 heavy (non-hydrogen) atoms. The number of hydrogen-bond acceptors (Lipinski definition) is 5. The Morgan fingerprint density at radius 2 is 1.94 bits per heavy atom. The molecule has 7 nitrogen and oxygen atoms in total. The minimum atomic E-state index is 0. The fraction of sp³-hybridized carbons (Fsp3) is 0.773. The zero-order valence-corrected chi connectivity index (χ0v) is 22.2. The van der Waals surface area contributed by atoms with Gasteiger partial charge in [0.25, 0.3) is 0 Å². The summed E-state index contributed by atoms with van der Waals surface area (Å²) in [4.78, 5) is 19.2. The van der Waals surface area contributed by atoms with Crippen molar-refractivity contribution >= 4 is 47.6 Å². The minimum Gasteiger partial charge on any atom is -0.359 e. The first-order valence-electron chi connectivity index (χ1n) is 11.4. The number of carbonyl (C=O) groups is 1. The fourth-order valence-corrected chi connectivity index (χ4v) is 5.30. The van der Waals surface area contributed by atoms with Crippen LogP contribution in [0, 0.1) is 5.92 Å². The normalized spacial score (nSPS) is 22.2. The summed E-state index contributed by atoms with van der Waals surface area (Å²) in [6.07, 6.45) is 6.06. The Labute approximate surface area is 208 Å². The number of aromatic nitrogens is 1. The Morgan fingerprint density at radius 3 is 2.55 bits per heavy atom. The largest absolute Gasteiger partial charge is 0.359 e. The van der Waals surface area contributed by atoms with Gasteiger partial charge in [0.15, 0.2) is 11.7 Å². The molecular formula is C22H38IN5O2S. The highest BCUT2D eigenvalue weighted by Crippen LogP contribution is 2.27. The topological polar surface area (TPSA) is 82.8 Å². The van der Waals surface area contributed by atoms with Crippen LogP contribution in [0.1, 0.15) is 69.7 Å². The van der Waals surface area contributed by atoms with E-state index in [-0.39, 0.29) is 29.9 Å². The number of aliphatic imine (C=N–C) groups is 1. The fourth-order valence-electron chi connectivity index (χ4n) is 4.40. The Morgan fingerprint density at radius 1 is 1.26 bits per heavy atom. The van der Waals surface area contributed by atoms with Gasteiger partial charge < -0.3 is 20.1 Å². The van der Waals surface area contributed by atoms with Crippen molar-refractivity contribution in [2.24, 2.45) is 10.9 Å². The maximum Gasteiger partial charge on any atom is 0.225 e. The summed E-state index contributed by atoms with van der Waals surface area (Å²) in [6, 6.07) is 2.40. The third-order valence-corrected chi connectivity index (χ3v) is 7.32. The molecule has 176 valence electrons. The summed E-state index contributed by atoms with van der Waals surface area (Å²) >= 11 is 1.95. The second-order valence-corrected chi connectivity index (χ2v) is 9.51. The Hall–Kier alpha value is -0.970. The van der Waals surface area contributed by atoms with Crippen LogP contribution in [-0.4, -0.2) is 59.6 Å². The monoisotopic (exact) mass is 563 g/mol. The van der Waals surface area contributed by atoms with E-state index < -0.39 is 0 Å². The molecule has 2 fully saturated rings. The highest BCUT2D eigenvalue weighted by molar-refractivity contribution is 14.0. The van der Waals surface area contributed by atoms with E-state index in [0.29, 0.717) is 24.4 Å². The van der Waals surface area contributed by atoms with Crippen LogP contribution in [0.15, 0.2) is 15.6 Å². The molecular weight excluding hydrogens is 525 g/mol. The summed E-state index contributed by atoms with van der Waals surface area (Å²) < 4.78 is 5.49. The van der Waals surface area contributed by atoms with Crippen molar-refractivity contribution in [3.05, 3.63) is 17.5 Å². The van der Waals surface area contributed by atoms with Crippen LogP contribution in [0.2, 0.25) is 0 Å². The average Bonchev–Trinajstić information content (AvgIpc) is 3.26. The lowest BCUT2D eigenvalue weighted by Crippen LogP contribution is -2.47. The van der Waals surface area contributed by atoms with Crippen molar-refractivity contribution in [1.29, 1.82) is 0 Å². The van der Waals surface area contributed by atoms with Crippen molar-refractivity contribution in [2.75, 3.05) is 31.6 Å². The Bertz CT molecular complexity index is 696. The molecule has 1 saturated heterocycles. The minimum absolute atomic E-state index is 0. The maximum absolute atomic E-state index is 12.7. The van der Waals surface area contributed by atoms with Gasteiger partial charge in [0, 0.05) is 55.6 Å². The Kier molecular flexibility index (Phi) is 11.5. The van der Waals surface area contributed by atoms with Crippen molar-refractivity contribution < 1.29 is 9.32 Å². The van der Waals surface area contributed by atoms with E-state index in [4.69, 9.17) is 4.52 Å². The number of guanidine groups is 1. The first kappa shape index (κ1) is 26.3. The maximum atomic E-state index is 12.7. The van der Waals surface area contributed by atoms with Gasteiger partial charge in [0.1, 0.15) is 0 Å². The average molecular weight is 564 g/mol. The quantitative estimate of drug-likeness (QED) is 0.297. The molecule has 0 aromatic carbocycles. The molecule has 3 rings (SSSR count). The van der Waals surface area contributed by atoms with Crippen LogP contribution in [0.5, 0.6) is 0 Å². The molecule has 9 heteroatoms. The third kappa shape index (κ3) is 7.54. The Balaban J connectivity index is 0.00000341. The molecule has 2 aliphatic rings. The number of amides is 1. The summed E-state index contributed by atoms with van der Waals surface area (Å²) in [7, 11) is 1.79. The van der Waals surface area contributed by atoms with Crippen LogP contribution in [0.25, 0.3) is 0 Å². The summed E-state index contributed by atoms with van der Waals surface area (Å²) in [5.41, 5.74) is 1.04. The van der Waals surface area contributed by atoms with Gasteiger partial charge in [0.05, 0.1) is 12.2 Å². The number of nitrogens with zero attached hydrogens (tertiary/aromatic N) is 3. The number of hydrogen-bond donors (Lipinski definition) is 2. The lowest BCUT2D eigenvalue weighted by molar-refractivity contribution is -0.136. The van der Waals surface area contributed by atoms with E-state index in [0.717, 1.165) is 80.5 Å². The van der Waals surface area contributed by atoms with E-state index >= 15 is 0 Å². The molecule has 1 aliphatic heterocycles. The molecule has 0 spiro atoms. The number of carbonyl (C=O) groups excluding carboxylic acids is 1. The number of thioether (sulfide) groups is 1. The summed E-state index contributed by atoms with van der Waals surface area (Å²) in [5, 5.41) is 11.1. The van der Waals surface area contributed by atoms with Gasteiger partial charge in [-0.15, -0.1) is 24.0 Å². The second kappa shape index (κ2) is 13.5. The van der Waals surface area contributed by atoms with Gasteiger partial charge in [-0.05, 0) is 38.5 Å². The van der Waals surface area contributed by atoms with E-state index in [1.54, 1.807) is 7.05 Å². The van der Waals surface area contributed by atoms with E-state index in [1.807, 2.05) is 17.8 Å². The van der Waals surface area contributed by atoms with Crippen molar-refractivity contribution in [2.45, 2.75) is 70.9 Å². The van der Waals surface area contributed by atoms with E-state index in [1.165, 1.54) is 0 Å². The standard InChI is InChI=1S/C22H37N5O2S.HI/c1-4-16(5-2)20-14-19(29-26-20)15-24-22(23-3)25-18-8-6-17(7-9-18)21(28)27-10-12-30-13-11-27;/h14,16-18H,4-13,15H2,1-3H3,(H2,23,24,25);1H. The van der Waals surface area contributed by atoms with E-state index in [9.17, 15) is 4.79 Å². The SMILES string of the molecule is CCC(CC)c1cc(CNC(=NC)NC2CCC(C(=O)N3CCSCC3)CC2)on1.I. The molecule has 0 atom stereocenters. The van der Waals surface area contributed by atoms with Gasteiger partial charge in [-0.25, -0.2) is 0 Å². The zero-order chi connectivity index (χ0) is 21.3. The molecule has 1 amide bonds. The molecule has 1 aromatic rings. The molecule has 2 N–H and O–H groups in total. The van der Waals surface area contributed by atoms with Crippen LogP contribution in [0.4, 0.5) is 0 Å². The van der Waals surface area contributed by atoms with Gasteiger partial charge in [-0.2, -0.15) is 11.8 Å². The van der Waals surface area contributed by atoms with Crippen LogP contribution in [0.3, 0.4) is 0 Å². The van der Waals surface area contributed by atoms with Gasteiger partial charge in [0.2, 0.25) is 5.91 Å². The number of halogens is 1. The predicted octanol–water partition coefficient (Wildman–Crippen LogP) is 4.00. The molecule has 1 aliphatic carbocycles. The highest BCUT2D eigenvalue weighted by Gasteiger charge is 2.30. The first-order chi connectivity index (χ1) is 14.6. The lowest BCUT2D eigenvalue weighted by Gasteiger charge is -2.34. The molecule has 2 heterocycles. The number of rotatable bonds is 7. The van der Waals surface area contributed by atoms with Crippen LogP contribution in [-0.2, 0) is 11.3 Å². The molecule has 1 aromatic heterocycles. The van der Waals surface area contributed by atoms with Gasteiger partial charge in [-0.1, -0.05) is 19.0 Å². The van der Waals surface area contributed by atoms with Gasteiger partial charge >= 0.3 is 0 Å². The summed E-state index contributed by atoms with van der Waals surface area (Å²) in [6.45, 7) is 6.76. The van der Waals surface area contributed by atoms with Crippen LogP contribution < -0.4 is 10.6 Å². The van der Waals surface area contributed by atoms with Gasteiger partial charge in [-0.3, -0.25) is 9.79 Å². The van der Waals surface area contributed by atoms with E-state index in [2.05, 4.69) is 39.5 Å². The second-order valence-electron chi connectivity index (χ2n) is 8.29. The van der Waals surface area contributed by atoms with Crippen LogP contribution >= 0.6 is 35.7 Å². The smallest absolute Gasteiger partial charge is 0.225 e. The molecule has 0 unspecified atom stereocenters. The predicted molar refractivity (Wildman–Crippen MR) is 138 cm³/mol. The number of nitrogens with one attached hydrogen (secondary N) is 2. The zero-order valence-electron chi connectivity index (χ0n) is 19.1. The van der Waals surface area contributed by atoms with Crippen molar-refractivity contribution in [3.8, 4) is 0 Å². The lowest BCUT2D eigenvalue weighted by atomic mass is 9.85. The molecule has 0 bridgehead atoms. The highest BCUT2D eigenvalue weighted by atomic mass is 127. The third-order valence-electron chi connectivity index (χ3n) is 6.37. The molecule has 1 saturated carbocycles. The van der Waals surface area contributed by atoms with Crippen molar-refractivity contribution in [3.63, 3.8) is 0 Å². The molecule has 0 radical (unpaired) electrons. The van der Waals surface area contributed by atoms with Crippen molar-refractivity contribution in [1.82, 2.24) is 20.7 Å². The first-order valence-corrected chi connectivity index (χ1v) is 12.6.